The molecule has 0 rings (SSSR count). The summed E-state index contributed by atoms with van der Waals surface area (Å²) in [6, 6.07) is 0. The lowest BCUT2D eigenvalue weighted by Gasteiger charge is -2.22. The lowest BCUT2D eigenvalue weighted by molar-refractivity contribution is 0.000134. The molecule has 1 nitrogen and oxygen atoms in total. The molecule has 0 aliphatic carbocycles. The largest absolute Gasteiger partial charge is 0.371 e. The molecule has 0 unspecified atom stereocenters. The van der Waals surface area contributed by atoms with Gasteiger partial charge < -0.3 is 4.74 Å². The van der Waals surface area contributed by atoms with E-state index in [2.05, 4.69) is 0 Å². The molecule has 0 aromatic heterocycles. The molecular formula is C6H11Cl3O. The van der Waals surface area contributed by atoms with E-state index in [1.807, 2.05) is 20.8 Å². The molecule has 0 atom stereocenters. The van der Waals surface area contributed by atoms with Crippen molar-refractivity contribution in [2.75, 3.05) is 6.61 Å². The van der Waals surface area contributed by atoms with Gasteiger partial charge >= 0.3 is 0 Å². The molecule has 0 aliphatic rings. The molecule has 0 amide bonds. The highest BCUT2D eigenvalue weighted by Gasteiger charge is 2.23. The maximum Gasteiger partial charge on any atom is 0.213 e. The summed E-state index contributed by atoms with van der Waals surface area (Å²) in [5.74, 6) is 0. The zero-order chi connectivity index (χ0) is 8.41. The number of hydrogen-bond donors (Lipinski definition) is 0. The third-order valence-electron chi connectivity index (χ3n) is 0.669. The predicted octanol–water partition coefficient (Wildman–Crippen LogP) is 3.17. The van der Waals surface area contributed by atoms with E-state index >= 15 is 0 Å². The summed E-state index contributed by atoms with van der Waals surface area (Å²) < 4.78 is 3.90. The highest BCUT2D eigenvalue weighted by molar-refractivity contribution is 6.67. The van der Waals surface area contributed by atoms with E-state index in [9.17, 15) is 0 Å². The van der Waals surface area contributed by atoms with Gasteiger partial charge in [0.2, 0.25) is 3.79 Å². The summed E-state index contributed by atoms with van der Waals surface area (Å²) in [5, 5.41) is 0. The van der Waals surface area contributed by atoms with E-state index in [-0.39, 0.29) is 12.2 Å². The van der Waals surface area contributed by atoms with Crippen LogP contribution in [0.15, 0.2) is 0 Å². The van der Waals surface area contributed by atoms with Crippen LogP contribution in [-0.2, 0) is 4.74 Å². The quantitative estimate of drug-likeness (QED) is 0.598. The average molecular weight is 206 g/mol. The second-order valence-electron chi connectivity index (χ2n) is 3.02. The fraction of sp³-hybridized carbons (Fsp3) is 1.00. The van der Waals surface area contributed by atoms with Crippen LogP contribution in [0, 0.1) is 0 Å². The Balaban J connectivity index is 3.56. The fourth-order valence-corrected chi connectivity index (χ4v) is 0.462. The average Bonchev–Trinajstić information content (AvgIpc) is 1.57. The molecule has 0 bridgehead atoms. The van der Waals surface area contributed by atoms with E-state index in [0.29, 0.717) is 0 Å². The van der Waals surface area contributed by atoms with E-state index in [1.165, 1.54) is 0 Å². The van der Waals surface area contributed by atoms with Crippen LogP contribution in [0.25, 0.3) is 0 Å². The maximum absolute atomic E-state index is 5.45. The summed E-state index contributed by atoms with van der Waals surface area (Å²) in [5.41, 5.74) is -0.246. The summed E-state index contributed by atoms with van der Waals surface area (Å²) in [7, 11) is 0. The first-order chi connectivity index (χ1) is 4.21. The van der Waals surface area contributed by atoms with E-state index in [4.69, 9.17) is 39.5 Å². The Morgan fingerprint density at radius 2 is 1.50 bits per heavy atom. The van der Waals surface area contributed by atoms with Crippen molar-refractivity contribution in [2.45, 2.75) is 30.2 Å². The van der Waals surface area contributed by atoms with Gasteiger partial charge in [0.1, 0.15) is 0 Å². The molecule has 0 aromatic carbocycles. The SMILES string of the molecule is CC(C)(C)OCC(Cl)(Cl)Cl. The summed E-state index contributed by atoms with van der Waals surface area (Å²) in [6.45, 7) is 5.84. The van der Waals surface area contributed by atoms with Gasteiger partial charge in [-0.1, -0.05) is 34.8 Å². The van der Waals surface area contributed by atoms with Gasteiger partial charge in [0, 0.05) is 0 Å². The van der Waals surface area contributed by atoms with Gasteiger partial charge in [0.15, 0.2) is 0 Å². The van der Waals surface area contributed by atoms with Crippen molar-refractivity contribution in [3.05, 3.63) is 0 Å². The lowest BCUT2D eigenvalue weighted by Crippen LogP contribution is -2.25. The van der Waals surface area contributed by atoms with Crippen molar-refractivity contribution in [1.82, 2.24) is 0 Å². The van der Waals surface area contributed by atoms with Gasteiger partial charge in [-0.2, -0.15) is 0 Å². The van der Waals surface area contributed by atoms with E-state index < -0.39 is 3.79 Å². The topological polar surface area (TPSA) is 9.23 Å². The van der Waals surface area contributed by atoms with Crippen molar-refractivity contribution >= 4 is 34.8 Å². The Kier molecular flexibility index (Phi) is 3.77. The van der Waals surface area contributed by atoms with Crippen molar-refractivity contribution in [1.29, 1.82) is 0 Å². The second kappa shape index (κ2) is 3.48. The number of hydrogen-bond acceptors (Lipinski definition) is 1. The minimum Gasteiger partial charge on any atom is -0.371 e. The van der Waals surface area contributed by atoms with Crippen LogP contribution < -0.4 is 0 Å². The molecule has 0 heterocycles. The second-order valence-corrected chi connectivity index (χ2v) is 5.53. The monoisotopic (exact) mass is 204 g/mol. The minimum atomic E-state index is -1.30. The zero-order valence-corrected chi connectivity index (χ0v) is 8.52. The Hall–Kier alpha value is 0.830. The molecule has 62 valence electrons. The van der Waals surface area contributed by atoms with Gasteiger partial charge in [-0.25, -0.2) is 0 Å². The molecule has 0 aliphatic heterocycles. The molecule has 0 N–H and O–H groups in total. The number of halogens is 3. The third-order valence-corrected chi connectivity index (χ3v) is 0.996. The highest BCUT2D eigenvalue weighted by atomic mass is 35.6. The van der Waals surface area contributed by atoms with Gasteiger partial charge in [-0.15, -0.1) is 0 Å². The van der Waals surface area contributed by atoms with Crippen LogP contribution in [-0.4, -0.2) is 16.0 Å². The standard InChI is InChI=1S/C6H11Cl3O/c1-5(2,3)10-4-6(7,8)9/h4H2,1-3H3. The van der Waals surface area contributed by atoms with Crippen LogP contribution in [0.5, 0.6) is 0 Å². The van der Waals surface area contributed by atoms with E-state index in [0.717, 1.165) is 0 Å². The first-order valence-corrected chi connectivity index (χ1v) is 4.05. The Morgan fingerprint density at radius 3 is 1.60 bits per heavy atom. The molecule has 10 heavy (non-hydrogen) atoms. The van der Waals surface area contributed by atoms with Crippen molar-refractivity contribution < 1.29 is 4.74 Å². The van der Waals surface area contributed by atoms with Gasteiger partial charge in [0.05, 0.1) is 12.2 Å². The first kappa shape index (κ1) is 10.8. The van der Waals surface area contributed by atoms with Crippen LogP contribution in [0.4, 0.5) is 0 Å². The van der Waals surface area contributed by atoms with Crippen molar-refractivity contribution in [3.63, 3.8) is 0 Å². The maximum atomic E-state index is 5.45. The van der Waals surface area contributed by atoms with Crippen LogP contribution in [0.1, 0.15) is 20.8 Å². The molecule has 0 aromatic rings. The Labute approximate surface area is 76.6 Å². The molecule has 0 fully saturated rings. The summed E-state index contributed by atoms with van der Waals surface area (Å²) in [6.07, 6.45) is 0. The highest BCUT2D eigenvalue weighted by Crippen LogP contribution is 2.27. The smallest absolute Gasteiger partial charge is 0.213 e. The summed E-state index contributed by atoms with van der Waals surface area (Å²) >= 11 is 16.3. The fourth-order valence-electron chi connectivity index (χ4n) is 0.298. The molecule has 0 saturated heterocycles. The summed E-state index contributed by atoms with van der Waals surface area (Å²) in [4.78, 5) is 0. The number of rotatable bonds is 1. The Bertz CT molecular complexity index is 86.5. The molecular weight excluding hydrogens is 194 g/mol. The number of alkyl halides is 3. The Morgan fingerprint density at radius 1 is 1.10 bits per heavy atom. The lowest BCUT2D eigenvalue weighted by atomic mass is 10.2. The van der Waals surface area contributed by atoms with Gasteiger partial charge in [-0.3, -0.25) is 0 Å². The van der Waals surface area contributed by atoms with Crippen molar-refractivity contribution in [3.8, 4) is 0 Å². The van der Waals surface area contributed by atoms with Crippen molar-refractivity contribution in [2.24, 2.45) is 0 Å². The van der Waals surface area contributed by atoms with E-state index in [1.54, 1.807) is 0 Å². The third kappa shape index (κ3) is 8.83. The van der Waals surface area contributed by atoms with Gasteiger partial charge in [-0.05, 0) is 20.8 Å². The molecule has 0 spiro atoms. The molecule has 0 saturated carbocycles. The predicted molar refractivity (Wildman–Crippen MR) is 46.0 cm³/mol. The first-order valence-electron chi connectivity index (χ1n) is 2.91. The van der Waals surface area contributed by atoms with Crippen LogP contribution in [0.2, 0.25) is 0 Å². The number of ether oxygens (including phenoxy) is 1. The minimum absolute atomic E-state index is 0.126. The van der Waals surface area contributed by atoms with Crippen LogP contribution >= 0.6 is 34.8 Å². The molecule has 0 radical (unpaired) electrons. The normalized spacial score (nSPS) is 13.8. The molecule has 4 heteroatoms. The zero-order valence-electron chi connectivity index (χ0n) is 6.25. The van der Waals surface area contributed by atoms with Gasteiger partial charge in [0.25, 0.3) is 0 Å². The van der Waals surface area contributed by atoms with Crippen LogP contribution in [0.3, 0.4) is 0 Å².